The highest BCUT2D eigenvalue weighted by atomic mass is 16.4. The third kappa shape index (κ3) is 8.51. The summed E-state index contributed by atoms with van der Waals surface area (Å²) in [6.45, 7) is 2.43. The second kappa shape index (κ2) is 10.4. The molecule has 106 valence electrons. The monoisotopic (exact) mass is 255 g/mol. The molecule has 1 heterocycles. The molecule has 1 aliphatic rings. The van der Waals surface area contributed by atoms with E-state index in [-0.39, 0.29) is 0 Å². The highest BCUT2D eigenvalue weighted by Crippen LogP contribution is 2.20. The van der Waals surface area contributed by atoms with Crippen LogP contribution < -0.4 is 5.32 Å². The highest BCUT2D eigenvalue weighted by Gasteiger charge is 2.11. The number of nitrogens with one attached hydrogen (secondary N) is 1. The van der Waals surface area contributed by atoms with E-state index in [4.69, 9.17) is 5.11 Å². The van der Waals surface area contributed by atoms with E-state index in [1.165, 1.54) is 64.5 Å². The third-order valence-corrected chi connectivity index (χ3v) is 3.96. The van der Waals surface area contributed by atoms with Crippen LogP contribution in [0.1, 0.15) is 70.6 Å². The molecule has 2 N–H and O–H groups in total. The SMILES string of the molecule is O=C(O)CCCCCCCCCC1CCNCC1. The van der Waals surface area contributed by atoms with Gasteiger partial charge >= 0.3 is 5.97 Å². The molecule has 1 aliphatic heterocycles. The number of carboxylic acids is 1. The fourth-order valence-electron chi connectivity index (χ4n) is 2.76. The van der Waals surface area contributed by atoms with E-state index in [0.717, 1.165) is 18.8 Å². The van der Waals surface area contributed by atoms with Gasteiger partial charge in [0.15, 0.2) is 0 Å². The van der Waals surface area contributed by atoms with Gasteiger partial charge in [0.2, 0.25) is 0 Å². The first-order chi connectivity index (χ1) is 8.79. The van der Waals surface area contributed by atoms with Gasteiger partial charge in [-0.25, -0.2) is 0 Å². The molecule has 1 fully saturated rings. The molecule has 0 unspecified atom stereocenters. The quantitative estimate of drug-likeness (QED) is 0.587. The Morgan fingerprint density at radius 3 is 2.11 bits per heavy atom. The first-order valence-corrected chi connectivity index (χ1v) is 7.71. The molecule has 0 saturated carbocycles. The van der Waals surface area contributed by atoms with E-state index in [2.05, 4.69) is 5.32 Å². The Bertz CT molecular complexity index is 213. The van der Waals surface area contributed by atoms with Gasteiger partial charge in [-0.15, -0.1) is 0 Å². The largest absolute Gasteiger partial charge is 0.481 e. The van der Waals surface area contributed by atoms with Crippen LogP contribution in [0.25, 0.3) is 0 Å². The zero-order chi connectivity index (χ0) is 13.1. The number of hydrogen-bond donors (Lipinski definition) is 2. The number of hydrogen-bond acceptors (Lipinski definition) is 2. The minimum absolute atomic E-state index is 0.343. The van der Waals surface area contributed by atoms with Crippen LogP contribution in [-0.4, -0.2) is 24.2 Å². The number of rotatable bonds is 10. The van der Waals surface area contributed by atoms with Crippen LogP contribution in [0.3, 0.4) is 0 Å². The number of carboxylic acid groups (broad SMARTS) is 1. The molecule has 3 nitrogen and oxygen atoms in total. The molecule has 1 rings (SSSR count). The fourth-order valence-corrected chi connectivity index (χ4v) is 2.76. The lowest BCUT2D eigenvalue weighted by atomic mass is 9.92. The second-order valence-electron chi connectivity index (χ2n) is 5.60. The molecule has 0 atom stereocenters. The molecule has 0 aromatic carbocycles. The molecule has 18 heavy (non-hydrogen) atoms. The molecular weight excluding hydrogens is 226 g/mol. The van der Waals surface area contributed by atoms with Crippen molar-refractivity contribution in [3.05, 3.63) is 0 Å². The molecule has 3 heteroatoms. The van der Waals surface area contributed by atoms with Crippen molar-refractivity contribution in [3.8, 4) is 0 Å². The van der Waals surface area contributed by atoms with Crippen LogP contribution in [0.15, 0.2) is 0 Å². The minimum Gasteiger partial charge on any atom is -0.481 e. The van der Waals surface area contributed by atoms with Crippen molar-refractivity contribution in [2.45, 2.75) is 70.6 Å². The summed E-state index contributed by atoms with van der Waals surface area (Å²) in [6.07, 6.45) is 13.0. The maximum absolute atomic E-state index is 10.3. The van der Waals surface area contributed by atoms with Gasteiger partial charge in [-0.05, 0) is 38.3 Å². The smallest absolute Gasteiger partial charge is 0.303 e. The molecular formula is C15H29NO2. The predicted octanol–water partition coefficient (Wildman–Crippen LogP) is 3.58. The Morgan fingerprint density at radius 1 is 0.944 bits per heavy atom. The Balaban J connectivity index is 1.76. The number of unbranched alkanes of at least 4 members (excludes halogenated alkanes) is 6. The van der Waals surface area contributed by atoms with Gasteiger partial charge in [0.1, 0.15) is 0 Å². The lowest BCUT2D eigenvalue weighted by molar-refractivity contribution is -0.137. The van der Waals surface area contributed by atoms with Crippen LogP contribution in [0.4, 0.5) is 0 Å². The van der Waals surface area contributed by atoms with Crippen LogP contribution in [0.5, 0.6) is 0 Å². The topological polar surface area (TPSA) is 49.3 Å². The maximum Gasteiger partial charge on any atom is 0.303 e. The van der Waals surface area contributed by atoms with Crippen LogP contribution in [-0.2, 0) is 4.79 Å². The van der Waals surface area contributed by atoms with Crippen molar-refractivity contribution in [3.63, 3.8) is 0 Å². The Morgan fingerprint density at radius 2 is 1.50 bits per heavy atom. The highest BCUT2D eigenvalue weighted by molar-refractivity contribution is 5.66. The molecule has 0 aromatic rings. The van der Waals surface area contributed by atoms with Crippen LogP contribution in [0, 0.1) is 5.92 Å². The molecule has 0 aromatic heterocycles. The maximum atomic E-state index is 10.3. The zero-order valence-electron chi connectivity index (χ0n) is 11.6. The van der Waals surface area contributed by atoms with Gasteiger partial charge in [0.05, 0.1) is 0 Å². The molecule has 0 aliphatic carbocycles. The van der Waals surface area contributed by atoms with E-state index >= 15 is 0 Å². The van der Waals surface area contributed by atoms with E-state index in [9.17, 15) is 4.79 Å². The first kappa shape index (κ1) is 15.5. The predicted molar refractivity (Wildman–Crippen MR) is 74.8 cm³/mol. The van der Waals surface area contributed by atoms with E-state index in [1.807, 2.05) is 0 Å². The summed E-state index contributed by atoms with van der Waals surface area (Å²) in [5.41, 5.74) is 0. The van der Waals surface area contributed by atoms with Crippen molar-refractivity contribution in [2.75, 3.05) is 13.1 Å². The molecule has 0 bridgehead atoms. The molecule has 1 saturated heterocycles. The Kier molecular flexibility index (Phi) is 8.92. The van der Waals surface area contributed by atoms with Crippen molar-refractivity contribution in [1.82, 2.24) is 5.32 Å². The summed E-state index contributed by atoms with van der Waals surface area (Å²) < 4.78 is 0. The normalized spacial score (nSPS) is 16.9. The fraction of sp³-hybridized carbons (Fsp3) is 0.933. The third-order valence-electron chi connectivity index (χ3n) is 3.96. The van der Waals surface area contributed by atoms with Gasteiger partial charge in [0.25, 0.3) is 0 Å². The Labute approximate surface area is 111 Å². The molecule has 0 spiro atoms. The Hall–Kier alpha value is -0.570. The van der Waals surface area contributed by atoms with Gasteiger partial charge in [-0.3, -0.25) is 4.79 Å². The van der Waals surface area contributed by atoms with Gasteiger partial charge in [-0.1, -0.05) is 44.9 Å². The first-order valence-electron chi connectivity index (χ1n) is 7.71. The standard InChI is InChI=1S/C15H29NO2/c17-15(18)9-7-5-3-1-2-4-6-8-14-10-12-16-13-11-14/h14,16H,1-13H2,(H,17,18). The van der Waals surface area contributed by atoms with E-state index in [0.29, 0.717) is 6.42 Å². The summed E-state index contributed by atoms with van der Waals surface area (Å²) in [7, 11) is 0. The van der Waals surface area contributed by atoms with Crippen molar-refractivity contribution >= 4 is 5.97 Å². The lowest BCUT2D eigenvalue weighted by Gasteiger charge is -2.22. The molecule has 0 radical (unpaired) electrons. The number of piperidine rings is 1. The van der Waals surface area contributed by atoms with Crippen LogP contribution >= 0.6 is 0 Å². The minimum atomic E-state index is -0.656. The summed E-state index contributed by atoms with van der Waals surface area (Å²) >= 11 is 0. The number of aliphatic carboxylic acids is 1. The molecule has 0 amide bonds. The van der Waals surface area contributed by atoms with Gasteiger partial charge in [0, 0.05) is 6.42 Å². The second-order valence-corrected chi connectivity index (χ2v) is 5.60. The summed E-state index contributed by atoms with van der Waals surface area (Å²) in [5.74, 6) is 0.318. The number of carbonyl (C=O) groups is 1. The van der Waals surface area contributed by atoms with E-state index < -0.39 is 5.97 Å². The summed E-state index contributed by atoms with van der Waals surface area (Å²) in [6, 6.07) is 0. The zero-order valence-corrected chi connectivity index (χ0v) is 11.6. The average Bonchev–Trinajstić information content (AvgIpc) is 2.37. The summed E-state index contributed by atoms with van der Waals surface area (Å²) in [4.78, 5) is 10.3. The van der Waals surface area contributed by atoms with Crippen LogP contribution in [0.2, 0.25) is 0 Å². The van der Waals surface area contributed by atoms with Crippen molar-refractivity contribution in [2.24, 2.45) is 5.92 Å². The van der Waals surface area contributed by atoms with Gasteiger partial charge in [-0.2, -0.15) is 0 Å². The van der Waals surface area contributed by atoms with Gasteiger partial charge < -0.3 is 10.4 Å². The lowest BCUT2D eigenvalue weighted by Crippen LogP contribution is -2.27. The van der Waals surface area contributed by atoms with Crippen molar-refractivity contribution in [1.29, 1.82) is 0 Å². The average molecular weight is 255 g/mol. The van der Waals surface area contributed by atoms with E-state index in [1.54, 1.807) is 0 Å². The van der Waals surface area contributed by atoms with Crippen molar-refractivity contribution < 1.29 is 9.90 Å². The summed E-state index contributed by atoms with van der Waals surface area (Å²) in [5, 5.41) is 11.9.